The van der Waals surface area contributed by atoms with Crippen molar-refractivity contribution in [2.24, 2.45) is 0 Å². The van der Waals surface area contributed by atoms with Gasteiger partial charge in [-0.1, -0.05) is 0 Å². The summed E-state index contributed by atoms with van der Waals surface area (Å²) in [6, 6.07) is 0. The Labute approximate surface area is 73.7 Å². The standard InChI is InChI=1S/C7H14O5/c1-10-4-3-12-7(9)5(8)6(4)11-2/h4-9H,3H2,1-2H3/t4-,5-,6+,7?/m1/s1/i1D,2D. The molecule has 1 fully saturated rings. The minimum atomic E-state index is -1.32. The second kappa shape index (κ2) is 4.15. The van der Waals surface area contributed by atoms with Crippen LogP contribution in [0.4, 0.5) is 0 Å². The molecule has 0 aromatic rings. The number of methoxy groups -OCH3 is 2. The lowest BCUT2D eigenvalue weighted by Crippen LogP contribution is -2.54. The molecule has 5 heteroatoms. The number of aliphatic hydroxyl groups is 2. The normalized spacial score (nSPS) is 45.2. The topological polar surface area (TPSA) is 68.2 Å². The van der Waals surface area contributed by atoms with Crippen LogP contribution in [0.5, 0.6) is 0 Å². The minimum absolute atomic E-state index is 0.0434. The molecule has 0 radical (unpaired) electrons. The van der Waals surface area contributed by atoms with E-state index >= 15 is 0 Å². The van der Waals surface area contributed by atoms with Crippen LogP contribution in [0.15, 0.2) is 0 Å². The zero-order chi connectivity index (χ0) is 10.6. The zero-order valence-corrected chi connectivity index (χ0v) is 6.55. The van der Waals surface area contributed by atoms with E-state index in [1.807, 2.05) is 0 Å². The quantitative estimate of drug-likeness (QED) is 0.554. The van der Waals surface area contributed by atoms with Gasteiger partial charge in [0.1, 0.15) is 18.3 Å². The van der Waals surface area contributed by atoms with Crippen LogP contribution < -0.4 is 0 Å². The van der Waals surface area contributed by atoms with Crippen molar-refractivity contribution in [3.63, 3.8) is 0 Å². The first-order valence-electron chi connectivity index (χ1n) is 4.91. The Morgan fingerprint density at radius 1 is 1.42 bits per heavy atom. The second-order valence-corrected chi connectivity index (χ2v) is 2.55. The number of rotatable bonds is 2. The number of aliphatic hydroxyl groups excluding tert-OH is 2. The molecule has 1 heterocycles. The molecule has 0 amide bonds. The Hall–Kier alpha value is -0.200. The van der Waals surface area contributed by atoms with Crippen molar-refractivity contribution in [3.05, 3.63) is 0 Å². The molecule has 0 saturated carbocycles. The summed E-state index contributed by atoms with van der Waals surface area (Å²) in [4.78, 5) is 0. The molecule has 1 aliphatic heterocycles. The minimum Gasteiger partial charge on any atom is -0.385 e. The summed E-state index contributed by atoms with van der Waals surface area (Å²) in [5, 5.41) is 18.6. The fraction of sp³-hybridized carbons (Fsp3) is 1.00. The maximum atomic E-state index is 9.44. The lowest BCUT2D eigenvalue weighted by atomic mass is 10.1. The summed E-state index contributed by atoms with van der Waals surface area (Å²) in [5.74, 6) is 0. The molecule has 1 aliphatic rings. The number of hydrogen-bond acceptors (Lipinski definition) is 5. The maximum absolute atomic E-state index is 9.44. The molecule has 72 valence electrons. The summed E-state index contributed by atoms with van der Waals surface area (Å²) in [6.07, 6.45) is -4.00. The average Bonchev–Trinajstić information content (AvgIpc) is 2.18. The van der Waals surface area contributed by atoms with Gasteiger partial charge in [0.25, 0.3) is 0 Å². The molecule has 1 rings (SSSR count). The predicted molar refractivity (Wildman–Crippen MR) is 39.6 cm³/mol. The fourth-order valence-corrected chi connectivity index (χ4v) is 1.12. The molecule has 5 nitrogen and oxygen atoms in total. The lowest BCUT2D eigenvalue weighted by Gasteiger charge is -2.36. The van der Waals surface area contributed by atoms with Crippen molar-refractivity contribution in [2.75, 3.05) is 20.8 Å². The molecule has 1 unspecified atom stereocenters. The molecule has 0 bridgehead atoms. The summed E-state index contributed by atoms with van der Waals surface area (Å²) >= 11 is 0. The van der Waals surface area contributed by atoms with E-state index in [9.17, 15) is 5.11 Å². The SMILES string of the molecule is [2H]CO[C@H]1[C@H](OC[2H])COC(O)[C@@H]1O. The lowest BCUT2D eigenvalue weighted by molar-refractivity contribution is -0.261. The van der Waals surface area contributed by atoms with E-state index in [4.69, 9.17) is 22.1 Å². The molecule has 4 atom stereocenters. The first-order chi connectivity index (χ1) is 6.70. The highest BCUT2D eigenvalue weighted by molar-refractivity contribution is 4.83. The van der Waals surface area contributed by atoms with Gasteiger partial charge in [0.05, 0.1) is 9.35 Å². The van der Waals surface area contributed by atoms with Crippen LogP contribution in [0.2, 0.25) is 0 Å². The smallest absolute Gasteiger partial charge is 0.183 e. The summed E-state index contributed by atoms with van der Waals surface area (Å²) in [6.45, 7) is 0.0434. The Kier molecular flexibility index (Phi) is 2.50. The van der Waals surface area contributed by atoms with Crippen molar-refractivity contribution in [2.45, 2.75) is 24.6 Å². The molecule has 0 spiro atoms. The van der Waals surface area contributed by atoms with Crippen LogP contribution in [0.3, 0.4) is 0 Å². The van der Waals surface area contributed by atoms with Crippen molar-refractivity contribution in [3.8, 4) is 0 Å². The van der Waals surface area contributed by atoms with Crippen molar-refractivity contribution in [1.29, 1.82) is 0 Å². The van der Waals surface area contributed by atoms with E-state index in [0.717, 1.165) is 0 Å². The summed E-state index contributed by atoms with van der Waals surface area (Å²) in [5.41, 5.74) is 0. The third-order valence-corrected chi connectivity index (χ3v) is 1.83. The predicted octanol–water partition coefficient (Wildman–Crippen LogP) is -1.27. The second-order valence-electron chi connectivity index (χ2n) is 2.55. The zero-order valence-electron chi connectivity index (χ0n) is 8.55. The van der Waals surface area contributed by atoms with Gasteiger partial charge in [-0.15, -0.1) is 0 Å². The van der Waals surface area contributed by atoms with E-state index in [0.29, 0.717) is 0 Å². The van der Waals surface area contributed by atoms with Gasteiger partial charge >= 0.3 is 0 Å². The maximum Gasteiger partial charge on any atom is 0.183 e. The van der Waals surface area contributed by atoms with Gasteiger partial charge in [-0.3, -0.25) is 0 Å². The number of hydrogen-bond donors (Lipinski definition) is 2. The van der Waals surface area contributed by atoms with Crippen LogP contribution in [-0.4, -0.2) is 55.6 Å². The van der Waals surface area contributed by atoms with Crippen molar-refractivity contribution >= 4 is 0 Å². The first-order valence-corrected chi connectivity index (χ1v) is 3.50. The molecule has 1 saturated heterocycles. The highest BCUT2D eigenvalue weighted by atomic mass is 16.6. The van der Waals surface area contributed by atoms with Crippen LogP contribution in [0, 0.1) is 0 Å². The van der Waals surface area contributed by atoms with Gasteiger partial charge in [0.15, 0.2) is 6.29 Å². The van der Waals surface area contributed by atoms with Crippen molar-refractivity contribution in [1.82, 2.24) is 0 Å². The molecule has 0 aliphatic carbocycles. The van der Waals surface area contributed by atoms with E-state index in [1.165, 1.54) is 0 Å². The van der Waals surface area contributed by atoms with Gasteiger partial charge < -0.3 is 24.4 Å². The van der Waals surface area contributed by atoms with Crippen LogP contribution >= 0.6 is 0 Å². The summed E-state index contributed by atoms with van der Waals surface area (Å²) < 4.78 is 28.3. The number of ether oxygens (including phenoxy) is 3. The molecule has 0 aromatic carbocycles. The van der Waals surface area contributed by atoms with E-state index < -0.39 is 24.6 Å². The molecule has 2 N–H and O–H groups in total. The Bertz CT molecular complexity index is 170. The Morgan fingerprint density at radius 2 is 2.17 bits per heavy atom. The van der Waals surface area contributed by atoms with Gasteiger partial charge in [-0.2, -0.15) is 0 Å². The molecule has 0 aromatic heterocycles. The largest absolute Gasteiger partial charge is 0.385 e. The average molecular weight is 180 g/mol. The summed E-state index contributed by atoms with van der Waals surface area (Å²) in [7, 11) is -0.624. The van der Waals surface area contributed by atoms with Crippen LogP contribution in [0.25, 0.3) is 0 Å². The van der Waals surface area contributed by atoms with E-state index in [-0.39, 0.29) is 20.8 Å². The first kappa shape index (κ1) is 7.23. The fourth-order valence-electron chi connectivity index (χ4n) is 1.12. The van der Waals surface area contributed by atoms with E-state index in [1.54, 1.807) is 0 Å². The van der Waals surface area contributed by atoms with E-state index in [2.05, 4.69) is 0 Å². The highest BCUT2D eigenvalue weighted by Crippen LogP contribution is 2.17. The monoisotopic (exact) mass is 180 g/mol. The molecular weight excluding hydrogens is 164 g/mol. The van der Waals surface area contributed by atoms with Crippen molar-refractivity contribution < 1.29 is 27.2 Å². The van der Waals surface area contributed by atoms with Gasteiger partial charge in [0, 0.05) is 14.2 Å². The third-order valence-electron chi connectivity index (χ3n) is 1.83. The van der Waals surface area contributed by atoms with Gasteiger partial charge in [0.2, 0.25) is 0 Å². The Balaban J connectivity index is 2.56. The highest BCUT2D eigenvalue weighted by Gasteiger charge is 2.38. The molecule has 12 heavy (non-hydrogen) atoms. The van der Waals surface area contributed by atoms with Crippen LogP contribution in [0.1, 0.15) is 2.74 Å². The molecular formula is C7H14O5. The third kappa shape index (κ3) is 1.75. The van der Waals surface area contributed by atoms with Gasteiger partial charge in [-0.25, -0.2) is 0 Å². The van der Waals surface area contributed by atoms with Gasteiger partial charge in [-0.05, 0) is 0 Å². The Morgan fingerprint density at radius 3 is 2.83 bits per heavy atom. The van der Waals surface area contributed by atoms with Crippen LogP contribution in [-0.2, 0) is 14.2 Å².